The second-order valence-electron chi connectivity index (χ2n) is 6.86. The van der Waals surface area contributed by atoms with Crippen molar-refractivity contribution in [3.63, 3.8) is 0 Å². The minimum Gasteiger partial charge on any atom is -0.486 e. The van der Waals surface area contributed by atoms with E-state index >= 15 is 0 Å². The molecule has 2 heterocycles. The van der Waals surface area contributed by atoms with E-state index in [4.69, 9.17) is 9.47 Å². The molecule has 2 aliphatic heterocycles. The van der Waals surface area contributed by atoms with Crippen LogP contribution in [0.2, 0.25) is 0 Å². The Hall–Kier alpha value is -3.55. The molecule has 150 valence electrons. The molecule has 2 N–H and O–H groups in total. The molecule has 1 saturated heterocycles. The van der Waals surface area contributed by atoms with Crippen molar-refractivity contribution < 1.29 is 23.9 Å². The lowest BCUT2D eigenvalue weighted by Gasteiger charge is -2.19. The van der Waals surface area contributed by atoms with E-state index in [9.17, 15) is 14.4 Å². The number of fused-ring (bicyclic) bond motifs is 1. The number of nitrogens with one attached hydrogen (secondary N) is 2. The molecule has 2 aromatic rings. The molecule has 0 saturated carbocycles. The van der Waals surface area contributed by atoms with Gasteiger partial charge in [-0.2, -0.15) is 0 Å². The smallest absolute Gasteiger partial charge is 0.325 e. The Bertz CT molecular complexity index is 931. The minimum absolute atomic E-state index is 0.101. The van der Waals surface area contributed by atoms with E-state index in [0.29, 0.717) is 30.4 Å². The summed E-state index contributed by atoms with van der Waals surface area (Å²) in [6.07, 6.45) is 0.330. The standard InChI is InChI=1S/C21H21N3O5/c25-19(22-15-6-8-17-18(12-15)29-11-10-28-17)9-7-16-20(26)24(21(27)23-16)13-14-4-2-1-3-5-14/h1-6,8,12,16H,7,9-11,13H2,(H,22,25)(H,23,27)/t16-/m0/s1. The number of ether oxygens (including phenoxy) is 2. The fourth-order valence-corrected chi connectivity index (χ4v) is 3.31. The number of nitrogens with zero attached hydrogens (tertiary/aromatic N) is 1. The van der Waals surface area contributed by atoms with E-state index in [1.807, 2.05) is 30.3 Å². The van der Waals surface area contributed by atoms with Crippen LogP contribution < -0.4 is 20.1 Å². The minimum atomic E-state index is -0.697. The zero-order chi connectivity index (χ0) is 20.2. The van der Waals surface area contributed by atoms with Gasteiger partial charge in [-0.25, -0.2) is 4.79 Å². The number of hydrogen-bond acceptors (Lipinski definition) is 5. The third-order valence-corrected chi connectivity index (χ3v) is 4.78. The number of benzene rings is 2. The summed E-state index contributed by atoms with van der Waals surface area (Å²) >= 11 is 0. The first-order valence-corrected chi connectivity index (χ1v) is 9.45. The number of amides is 4. The van der Waals surface area contributed by atoms with Crippen molar-refractivity contribution in [1.82, 2.24) is 10.2 Å². The predicted octanol–water partition coefficient (Wildman–Crippen LogP) is 2.30. The third kappa shape index (κ3) is 4.31. The Balaban J connectivity index is 1.30. The third-order valence-electron chi connectivity index (χ3n) is 4.78. The molecule has 8 nitrogen and oxygen atoms in total. The van der Waals surface area contributed by atoms with Gasteiger partial charge in [0, 0.05) is 18.2 Å². The first kappa shape index (κ1) is 18.8. The summed E-state index contributed by atoms with van der Waals surface area (Å²) in [5.41, 5.74) is 1.46. The van der Waals surface area contributed by atoms with Gasteiger partial charge in [-0.15, -0.1) is 0 Å². The Morgan fingerprint density at radius 3 is 2.62 bits per heavy atom. The maximum atomic E-state index is 12.5. The second kappa shape index (κ2) is 8.22. The first-order valence-electron chi connectivity index (χ1n) is 9.45. The number of carbonyl (C=O) groups excluding carboxylic acids is 3. The first-order chi connectivity index (χ1) is 14.1. The van der Waals surface area contributed by atoms with Crippen LogP contribution in [-0.4, -0.2) is 42.0 Å². The average Bonchev–Trinajstić information content (AvgIpc) is 3.00. The summed E-state index contributed by atoms with van der Waals surface area (Å²) in [6, 6.07) is 13.3. The lowest BCUT2D eigenvalue weighted by Crippen LogP contribution is -2.31. The number of carbonyl (C=O) groups is 3. The molecule has 0 radical (unpaired) electrons. The summed E-state index contributed by atoms with van der Waals surface area (Å²) in [4.78, 5) is 38.1. The summed E-state index contributed by atoms with van der Waals surface area (Å²) < 4.78 is 11.0. The number of urea groups is 1. The number of rotatable bonds is 6. The van der Waals surface area contributed by atoms with Gasteiger partial charge in [-0.1, -0.05) is 30.3 Å². The Kier molecular flexibility index (Phi) is 5.33. The highest BCUT2D eigenvalue weighted by atomic mass is 16.6. The Labute approximate surface area is 167 Å². The van der Waals surface area contributed by atoms with Gasteiger partial charge in [0.15, 0.2) is 11.5 Å². The Morgan fingerprint density at radius 2 is 1.83 bits per heavy atom. The highest BCUT2D eigenvalue weighted by Gasteiger charge is 2.37. The van der Waals surface area contributed by atoms with Crippen LogP contribution in [0.3, 0.4) is 0 Å². The molecular formula is C21H21N3O5. The lowest BCUT2D eigenvalue weighted by atomic mass is 10.1. The molecule has 1 fully saturated rings. The second-order valence-corrected chi connectivity index (χ2v) is 6.86. The van der Waals surface area contributed by atoms with Gasteiger partial charge in [0.1, 0.15) is 19.3 Å². The zero-order valence-electron chi connectivity index (χ0n) is 15.7. The van der Waals surface area contributed by atoms with Gasteiger partial charge >= 0.3 is 6.03 Å². The van der Waals surface area contributed by atoms with E-state index < -0.39 is 12.1 Å². The quantitative estimate of drug-likeness (QED) is 0.732. The summed E-state index contributed by atoms with van der Waals surface area (Å²) in [7, 11) is 0. The molecule has 0 spiro atoms. The van der Waals surface area contributed by atoms with Crippen molar-refractivity contribution in [2.45, 2.75) is 25.4 Å². The molecule has 0 unspecified atom stereocenters. The maximum Gasteiger partial charge on any atom is 0.325 e. The van der Waals surface area contributed by atoms with Crippen molar-refractivity contribution in [3.8, 4) is 11.5 Å². The van der Waals surface area contributed by atoms with E-state index in [0.717, 1.165) is 5.56 Å². The molecule has 29 heavy (non-hydrogen) atoms. The van der Waals surface area contributed by atoms with Crippen LogP contribution in [0.4, 0.5) is 10.5 Å². The van der Waals surface area contributed by atoms with Crippen molar-refractivity contribution in [3.05, 3.63) is 54.1 Å². The van der Waals surface area contributed by atoms with Gasteiger partial charge in [0.25, 0.3) is 5.91 Å². The van der Waals surface area contributed by atoms with Crippen molar-refractivity contribution in [1.29, 1.82) is 0 Å². The molecule has 8 heteroatoms. The monoisotopic (exact) mass is 395 g/mol. The fraction of sp³-hybridized carbons (Fsp3) is 0.286. The molecule has 0 bridgehead atoms. The van der Waals surface area contributed by atoms with Gasteiger partial charge < -0.3 is 20.1 Å². The number of hydrogen-bond donors (Lipinski definition) is 2. The van der Waals surface area contributed by atoms with Gasteiger partial charge in [0.05, 0.1) is 6.54 Å². The van der Waals surface area contributed by atoms with Crippen LogP contribution in [-0.2, 0) is 16.1 Å². The van der Waals surface area contributed by atoms with Crippen LogP contribution in [0.1, 0.15) is 18.4 Å². The van der Waals surface area contributed by atoms with Crippen LogP contribution in [0, 0.1) is 0 Å². The van der Waals surface area contributed by atoms with Crippen molar-refractivity contribution in [2.24, 2.45) is 0 Å². The maximum absolute atomic E-state index is 12.5. The zero-order valence-corrected chi connectivity index (χ0v) is 15.7. The van der Waals surface area contributed by atoms with Crippen LogP contribution in [0.15, 0.2) is 48.5 Å². The van der Waals surface area contributed by atoms with Gasteiger partial charge in [0.2, 0.25) is 5.91 Å². The van der Waals surface area contributed by atoms with Crippen molar-refractivity contribution in [2.75, 3.05) is 18.5 Å². The largest absolute Gasteiger partial charge is 0.486 e. The van der Waals surface area contributed by atoms with E-state index in [1.54, 1.807) is 18.2 Å². The number of imide groups is 1. The van der Waals surface area contributed by atoms with Gasteiger partial charge in [-0.3, -0.25) is 14.5 Å². The molecular weight excluding hydrogens is 374 g/mol. The van der Waals surface area contributed by atoms with Gasteiger partial charge in [-0.05, 0) is 24.1 Å². The topological polar surface area (TPSA) is 97.0 Å². The van der Waals surface area contributed by atoms with Crippen molar-refractivity contribution >= 4 is 23.5 Å². The SMILES string of the molecule is O=C(CC[C@@H]1NC(=O)N(Cc2ccccc2)C1=O)Nc1ccc2c(c1)OCCO2. The summed E-state index contributed by atoms with van der Waals surface area (Å²) in [5.74, 6) is 0.673. The summed E-state index contributed by atoms with van der Waals surface area (Å²) in [5, 5.41) is 5.44. The van der Waals surface area contributed by atoms with E-state index in [1.165, 1.54) is 4.90 Å². The fourth-order valence-electron chi connectivity index (χ4n) is 3.31. The predicted molar refractivity (Wildman–Crippen MR) is 105 cm³/mol. The number of anilines is 1. The Morgan fingerprint density at radius 1 is 1.07 bits per heavy atom. The lowest BCUT2D eigenvalue weighted by molar-refractivity contribution is -0.128. The molecule has 4 rings (SSSR count). The normalized spacial score (nSPS) is 17.8. The molecule has 0 aromatic heterocycles. The molecule has 2 aromatic carbocycles. The summed E-state index contributed by atoms with van der Waals surface area (Å²) in [6.45, 7) is 1.18. The highest BCUT2D eigenvalue weighted by molar-refractivity contribution is 6.04. The molecule has 0 aliphatic carbocycles. The average molecular weight is 395 g/mol. The molecule has 1 atom stereocenters. The molecule has 2 aliphatic rings. The van der Waals surface area contributed by atoms with E-state index in [2.05, 4.69) is 10.6 Å². The van der Waals surface area contributed by atoms with Crippen LogP contribution in [0.25, 0.3) is 0 Å². The van der Waals surface area contributed by atoms with Crippen LogP contribution in [0.5, 0.6) is 11.5 Å². The van der Waals surface area contributed by atoms with Crippen LogP contribution >= 0.6 is 0 Å². The molecule has 4 amide bonds. The highest BCUT2D eigenvalue weighted by Crippen LogP contribution is 2.32. The van der Waals surface area contributed by atoms with E-state index in [-0.39, 0.29) is 31.2 Å².